The summed E-state index contributed by atoms with van der Waals surface area (Å²) in [5, 5.41) is 56.0. The van der Waals surface area contributed by atoms with E-state index in [1.54, 1.807) is 93.8 Å². The summed E-state index contributed by atoms with van der Waals surface area (Å²) in [5.41, 5.74) is 21.0. The fourth-order valence-corrected chi connectivity index (χ4v) is 18.4. The number of thioether (sulfide) groups is 1. The first-order valence-electron chi connectivity index (χ1n) is 46.3. The van der Waals surface area contributed by atoms with Crippen LogP contribution in [0.4, 0.5) is 0 Å². The van der Waals surface area contributed by atoms with Gasteiger partial charge in [0.1, 0.15) is 66.5 Å². The molecule has 3 aliphatic heterocycles. The Hall–Kier alpha value is -13.1. The first-order chi connectivity index (χ1) is 64.8. The van der Waals surface area contributed by atoms with Crippen molar-refractivity contribution < 1.29 is 91.7 Å². The third-order valence-corrected chi connectivity index (χ3v) is 26.1. The summed E-state index contributed by atoms with van der Waals surface area (Å²) in [6.07, 6.45) is 3.35. The quantitative estimate of drug-likeness (QED) is 0.0191. The van der Waals surface area contributed by atoms with E-state index in [2.05, 4.69) is 67.8 Å². The molecule has 42 heteroatoms. The number of guanidine groups is 1. The van der Waals surface area contributed by atoms with Crippen molar-refractivity contribution in [3.05, 3.63) is 126 Å². The van der Waals surface area contributed by atoms with Gasteiger partial charge in [0.05, 0.1) is 43.8 Å². The molecule has 21 N–H and O–H groups in total. The third kappa shape index (κ3) is 29.7. The Morgan fingerprint density at radius 3 is 1.80 bits per heavy atom. The number of para-hydroxylation sites is 2. The number of carbonyl (C=O) groups excluding carboxylic acids is 17. The minimum absolute atomic E-state index is 0.00287. The number of hydrogen-bond acceptors (Lipinski definition) is 22. The molecular weight excluding hydrogens is 1770 g/mol. The molecule has 6 aromatic rings. The highest BCUT2D eigenvalue weighted by molar-refractivity contribution is 8.00. The van der Waals surface area contributed by atoms with Gasteiger partial charge in [-0.25, -0.2) is 4.98 Å². The highest BCUT2D eigenvalue weighted by atomic mass is 32.2. The zero-order valence-electron chi connectivity index (χ0n) is 78.5. The maximum Gasteiger partial charge on any atom is 0.246 e. The molecule has 738 valence electrons. The van der Waals surface area contributed by atoms with Crippen molar-refractivity contribution in [3.8, 4) is 0 Å². The SMILES string of the molecule is CCCC[C@H]1C(=O)N(C)[C@@H](CCCC)C(=O)N[C@@H](CCCNC(=N)N)C(=O)N[C@H](C(=O)NCC(N)=O)CSCC(=O)N[C@@H](Cc2cccc(C)c2)C(=O)N(C)[C@@H](C)C(=O)N[C@@H](CC(N)=O)C(=O)N2CCC[C@H]2C(=O)N[C@@H](Cc2cnc[nH]2)C(=O)N[C@@H](CC(C)C)C(=O)N2C[C@H](O)C[C@H]2C(=O)C[C@@H](Cc2c[nH]c3ccccc23)C(=O)N[C@@H](CO)C(=O)C[C@@H](Cc2c[nH]c3ccccc23)C(=O)N1C. The lowest BCUT2D eigenvalue weighted by Gasteiger charge is -2.36. The van der Waals surface area contributed by atoms with Crippen molar-refractivity contribution in [1.29, 1.82) is 5.41 Å². The van der Waals surface area contributed by atoms with Gasteiger partial charge >= 0.3 is 0 Å². The number of nitrogens with two attached hydrogens (primary N) is 3. The normalized spacial score (nSPS) is 24.8. The molecule has 0 radical (unpaired) electrons. The number of imidazole rings is 1. The lowest BCUT2D eigenvalue weighted by Crippen LogP contribution is -2.60. The number of nitrogens with one attached hydrogen (secondary N) is 13. The van der Waals surface area contributed by atoms with Crippen LogP contribution in [-0.4, -0.2) is 305 Å². The molecule has 41 nitrogen and oxygen atoms in total. The number of Topliss-reactive ketones (excluding diaryl/α,β-unsaturated/α-hetero) is 2. The van der Waals surface area contributed by atoms with E-state index in [1.165, 1.54) is 50.4 Å². The molecule has 6 heterocycles. The molecule has 3 aromatic carbocycles. The Bertz CT molecular complexity index is 5260. The van der Waals surface area contributed by atoms with Crippen molar-refractivity contribution in [3.63, 3.8) is 0 Å². The van der Waals surface area contributed by atoms with E-state index in [4.69, 9.17) is 22.6 Å². The lowest BCUT2D eigenvalue weighted by molar-refractivity contribution is -0.150. The van der Waals surface area contributed by atoms with Gasteiger partial charge in [0.25, 0.3) is 0 Å². The van der Waals surface area contributed by atoms with Crippen molar-refractivity contribution in [2.45, 2.75) is 242 Å². The second-order valence-corrected chi connectivity index (χ2v) is 36.9. The molecule has 0 saturated carbocycles. The van der Waals surface area contributed by atoms with Crippen molar-refractivity contribution >= 4 is 140 Å². The zero-order chi connectivity index (χ0) is 99.3. The first kappa shape index (κ1) is 107. The van der Waals surface area contributed by atoms with E-state index < -0.39 is 247 Å². The fourth-order valence-electron chi connectivity index (χ4n) is 17.6. The number of hydrogen-bond donors (Lipinski definition) is 18. The molecule has 0 bridgehead atoms. The number of primary amides is 2. The smallest absolute Gasteiger partial charge is 0.246 e. The highest BCUT2D eigenvalue weighted by Gasteiger charge is 2.47. The van der Waals surface area contributed by atoms with E-state index >= 15 is 38.4 Å². The van der Waals surface area contributed by atoms with E-state index in [0.29, 0.717) is 69.9 Å². The Labute approximate surface area is 793 Å². The number of likely N-dealkylation sites (N-methyl/N-ethyl adjacent to an activating group) is 3. The van der Waals surface area contributed by atoms with Gasteiger partial charge in [-0.3, -0.25) is 86.9 Å². The second-order valence-electron chi connectivity index (χ2n) is 35.9. The Balaban J connectivity index is 1.10. The molecule has 3 saturated heterocycles. The van der Waals surface area contributed by atoms with Gasteiger partial charge in [-0.1, -0.05) is 120 Å². The monoisotopic (exact) mass is 1900 g/mol. The van der Waals surface area contributed by atoms with Crippen molar-refractivity contribution in [2.24, 2.45) is 35.0 Å². The van der Waals surface area contributed by atoms with E-state index in [0.717, 1.165) is 32.0 Å². The molecule has 3 aliphatic rings. The molecule has 136 heavy (non-hydrogen) atoms. The van der Waals surface area contributed by atoms with Crippen LogP contribution in [0.5, 0.6) is 0 Å². The summed E-state index contributed by atoms with van der Waals surface area (Å²) >= 11 is 0.800. The Morgan fingerprint density at radius 1 is 0.581 bits per heavy atom. The third-order valence-electron chi connectivity index (χ3n) is 25.1. The number of H-pyrrole nitrogens is 3. The molecule has 15 atom stereocenters. The Kier molecular flexibility index (Phi) is 40.0. The summed E-state index contributed by atoms with van der Waals surface area (Å²) in [6, 6.07) is 3.34. The van der Waals surface area contributed by atoms with Gasteiger partial charge in [0, 0.05) is 137 Å². The largest absolute Gasteiger partial charge is 0.394 e. The summed E-state index contributed by atoms with van der Waals surface area (Å²) in [4.78, 5) is 271. The standard InChI is InChI=1S/C94H132N22O19S/c1-10-12-28-73-87(129)106-66(27-19-31-100-94(97)98)85(127)111-72(84(126)103-46-80(96)122)49-136-50-81(123)105-69(35-55-22-18-21-53(5)34-55)90(132)112(7)54(6)82(124)108-70(42-79(95)121)91(133)115-32-20-30-74(115)88(130)107-67(40-60-45-99-51-104-60)86(128)109-68(33-52(3)4)92(134)116-47-61(118)41-76(116)78(120)38-56(36-58-43-101-64-25-16-14-23-62(58)64)83(125)110-71(48-117)77(119)39-57(37-59-44-102-65-26-17-15-24-63(59)65)89(131)114(9)75(29-13-11-2)93(135)113(73)8/h14-18,21-26,34,43-45,51-52,54,56-57,61,66-76,101-102,117-118H,10-13,19-20,27-33,35-42,46-50H2,1-9H3,(H2,95,121)(H2,96,122)(H,99,104)(H,103,126)(H,105,123)(H,106,129)(H,107,130)(H,108,124)(H,109,128)(H,110,125)(H,111,127)(H4,97,98,100)/t54-,56+,57+,61+,66-,67-,68-,69-,70-,71-,72-,73-,74-,75-,76-/m0/s1. The van der Waals surface area contributed by atoms with Crippen LogP contribution in [0.3, 0.4) is 0 Å². The summed E-state index contributed by atoms with van der Waals surface area (Å²) in [5.74, 6) is -19.2. The van der Waals surface area contributed by atoms with Gasteiger partial charge < -0.3 is 115 Å². The van der Waals surface area contributed by atoms with Gasteiger partial charge in [-0.15, -0.1) is 11.8 Å². The number of carbonyl (C=O) groups is 17. The number of aliphatic hydroxyl groups is 2. The van der Waals surface area contributed by atoms with Crippen molar-refractivity contribution in [1.82, 2.24) is 92.3 Å². The number of amides is 15. The van der Waals surface area contributed by atoms with Crippen LogP contribution in [0.25, 0.3) is 21.8 Å². The second kappa shape index (κ2) is 51.0. The predicted octanol–water partition coefficient (Wildman–Crippen LogP) is -0.145. The molecule has 3 aromatic heterocycles. The molecule has 3 fully saturated rings. The number of fused-ring (bicyclic) bond motifs is 4. The predicted molar refractivity (Wildman–Crippen MR) is 505 cm³/mol. The summed E-state index contributed by atoms with van der Waals surface area (Å²) in [7, 11) is 4.03. The number of aliphatic hydroxyl groups excluding tert-OH is 2. The highest BCUT2D eigenvalue weighted by Crippen LogP contribution is 2.31. The number of aromatic amines is 3. The number of nitrogens with zero attached hydrogens (tertiary/aromatic N) is 6. The zero-order valence-corrected chi connectivity index (χ0v) is 79.3. The van der Waals surface area contributed by atoms with Crippen LogP contribution >= 0.6 is 11.8 Å². The first-order valence-corrected chi connectivity index (χ1v) is 47.4. The molecule has 0 spiro atoms. The summed E-state index contributed by atoms with van der Waals surface area (Å²) < 4.78 is 0. The number of aromatic nitrogens is 4. The average Bonchev–Trinajstić information content (AvgIpc) is 1.61. The van der Waals surface area contributed by atoms with E-state index in [-0.39, 0.29) is 96.1 Å². The van der Waals surface area contributed by atoms with Crippen LogP contribution in [-0.2, 0) is 107 Å². The number of rotatable bonds is 26. The maximum absolute atomic E-state index is 15.8. The molecule has 0 aliphatic carbocycles. The number of benzene rings is 3. The molecular formula is C94H132N22O19S. The minimum Gasteiger partial charge on any atom is -0.394 e. The Morgan fingerprint density at radius 2 is 1.18 bits per heavy atom. The minimum atomic E-state index is -1.75. The van der Waals surface area contributed by atoms with Crippen LogP contribution in [0.15, 0.2) is 97.7 Å². The number of ketones is 2. The van der Waals surface area contributed by atoms with E-state index in [9.17, 15) is 53.4 Å². The molecule has 0 unspecified atom stereocenters. The van der Waals surface area contributed by atoms with E-state index in [1.807, 2.05) is 26.0 Å². The van der Waals surface area contributed by atoms with Gasteiger partial charge in [-0.05, 0) is 106 Å². The van der Waals surface area contributed by atoms with Gasteiger partial charge in [-0.2, -0.15) is 0 Å². The van der Waals surface area contributed by atoms with Crippen LogP contribution in [0, 0.1) is 30.1 Å². The average molecular weight is 1910 g/mol. The summed E-state index contributed by atoms with van der Waals surface area (Å²) in [6.45, 7) is 8.14. The van der Waals surface area contributed by atoms with Crippen LogP contribution in [0.1, 0.15) is 159 Å². The van der Waals surface area contributed by atoms with Gasteiger partial charge in [0.15, 0.2) is 17.5 Å². The van der Waals surface area contributed by atoms with Crippen LogP contribution in [0.2, 0.25) is 0 Å². The lowest BCUT2D eigenvalue weighted by atomic mass is 9.88. The fraction of sp³-hybridized carbons (Fsp3) is 0.543. The molecule has 9 rings (SSSR count). The van der Waals surface area contributed by atoms with Gasteiger partial charge in [0.2, 0.25) is 88.6 Å². The maximum atomic E-state index is 15.8. The number of unbranched alkanes of at least 4 members (excludes halogenated alkanes) is 2. The topological polar surface area (TPSA) is 617 Å². The van der Waals surface area contributed by atoms with Crippen molar-refractivity contribution in [2.75, 3.05) is 65.4 Å². The number of aryl methyl sites for hydroxylation is 1. The molecule has 15 amide bonds. The van der Waals surface area contributed by atoms with Crippen LogP contribution < -0.4 is 65.1 Å².